The molecule has 3 nitrogen and oxygen atoms in total. The van der Waals surface area contributed by atoms with Gasteiger partial charge >= 0.3 is 0 Å². The highest BCUT2D eigenvalue weighted by Gasteiger charge is 2.37. The van der Waals surface area contributed by atoms with Gasteiger partial charge in [0.1, 0.15) is 0 Å². The van der Waals surface area contributed by atoms with Crippen LogP contribution in [0, 0.1) is 12.8 Å². The molecule has 1 saturated heterocycles. The molecule has 1 saturated carbocycles. The summed E-state index contributed by atoms with van der Waals surface area (Å²) in [6.07, 6.45) is 6.77. The highest BCUT2D eigenvalue weighted by molar-refractivity contribution is 7.09. The smallest absolute Gasteiger partial charge is 0.155 e. The summed E-state index contributed by atoms with van der Waals surface area (Å²) in [4.78, 5) is 16.7. The number of ketones is 1. The molecule has 1 aliphatic carbocycles. The van der Waals surface area contributed by atoms with Crippen LogP contribution in [0.1, 0.15) is 42.8 Å². The third-order valence-corrected chi connectivity index (χ3v) is 5.10. The lowest BCUT2D eigenvalue weighted by Crippen LogP contribution is -2.37. The van der Waals surface area contributed by atoms with Crippen LogP contribution in [0.3, 0.4) is 0 Å². The fourth-order valence-electron chi connectivity index (χ4n) is 3.35. The van der Waals surface area contributed by atoms with Crippen LogP contribution < -0.4 is 5.32 Å². The zero-order valence-corrected chi connectivity index (χ0v) is 11.6. The molecule has 0 radical (unpaired) electrons. The van der Waals surface area contributed by atoms with Gasteiger partial charge in [-0.25, -0.2) is 4.98 Å². The van der Waals surface area contributed by atoms with E-state index >= 15 is 0 Å². The number of Topliss-reactive ketones (excluding diaryl/α,β-unsaturated/α-hetero) is 1. The summed E-state index contributed by atoms with van der Waals surface area (Å²) in [7, 11) is 0. The number of hydrogen-bond acceptors (Lipinski definition) is 4. The number of aromatic nitrogens is 1. The van der Waals surface area contributed by atoms with Crippen LogP contribution in [-0.4, -0.2) is 22.9 Å². The summed E-state index contributed by atoms with van der Waals surface area (Å²) in [5, 5.41) is 6.60. The van der Waals surface area contributed by atoms with E-state index in [1.807, 2.05) is 12.3 Å². The van der Waals surface area contributed by atoms with Crippen LogP contribution in [-0.2, 0) is 11.2 Å². The molecular formula is C14H20N2OS. The molecule has 1 N–H and O–H groups in total. The van der Waals surface area contributed by atoms with E-state index in [1.54, 1.807) is 11.3 Å². The van der Waals surface area contributed by atoms with Crippen molar-refractivity contribution in [2.45, 2.75) is 57.5 Å². The molecule has 0 bridgehead atoms. The van der Waals surface area contributed by atoms with Gasteiger partial charge in [-0.1, -0.05) is 12.8 Å². The fraction of sp³-hybridized carbons (Fsp3) is 0.714. The van der Waals surface area contributed by atoms with Gasteiger partial charge in [0, 0.05) is 11.4 Å². The Morgan fingerprint density at radius 1 is 1.50 bits per heavy atom. The molecule has 3 atom stereocenters. The van der Waals surface area contributed by atoms with Crippen LogP contribution in [0.5, 0.6) is 0 Å². The maximum atomic E-state index is 12.3. The first kappa shape index (κ1) is 12.3. The van der Waals surface area contributed by atoms with Crippen LogP contribution in [0.4, 0.5) is 0 Å². The quantitative estimate of drug-likeness (QED) is 0.912. The monoisotopic (exact) mass is 264 g/mol. The topological polar surface area (TPSA) is 42.0 Å². The molecule has 2 aliphatic rings. The molecule has 0 amide bonds. The molecule has 0 aromatic carbocycles. The summed E-state index contributed by atoms with van der Waals surface area (Å²) in [5.41, 5.74) is 0.944. The normalized spacial score (nSPS) is 31.3. The minimum atomic E-state index is 0.0834. The van der Waals surface area contributed by atoms with Gasteiger partial charge < -0.3 is 5.32 Å². The number of carbonyl (C=O) groups excluding carboxylic acids is 1. The predicted octanol–water partition coefficient (Wildman–Crippen LogP) is 2.48. The van der Waals surface area contributed by atoms with Crippen molar-refractivity contribution in [2.24, 2.45) is 5.92 Å². The largest absolute Gasteiger partial charge is 0.304 e. The average Bonchev–Trinajstić information content (AvgIpc) is 2.95. The molecule has 2 fully saturated rings. The molecule has 18 heavy (non-hydrogen) atoms. The van der Waals surface area contributed by atoms with Crippen LogP contribution in [0.25, 0.3) is 0 Å². The summed E-state index contributed by atoms with van der Waals surface area (Å²) in [6.45, 7) is 1.99. The molecule has 3 unspecified atom stereocenters. The van der Waals surface area contributed by atoms with E-state index in [-0.39, 0.29) is 6.04 Å². The summed E-state index contributed by atoms with van der Waals surface area (Å²) >= 11 is 1.63. The lowest BCUT2D eigenvalue weighted by molar-refractivity contribution is -0.120. The number of nitrogens with zero attached hydrogens (tertiary/aromatic N) is 1. The molecule has 3 rings (SSSR count). The van der Waals surface area contributed by atoms with E-state index in [0.717, 1.165) is 23.0 Å². The van der Waals surface area contributed by atoms with Gasteiger partial charge in [-0.3, -0.25) is 4.79 Å². The Hall–Kier alpha value is -0.740. The minimum absolute atomic E-state index is 0.0834. The third-order valence-electron chi connectivity index (χ3n) is 4.27. The number of aryl methyl sites for hydroxylation is 1. The molecule has 98 valence electrons. The second-order valence-corrected chi connectivity index (χ2v) is 6.67. The lowest BCUT2D eigenvalue weighted by Gasteiger charge is -2.24. The first-order valence-electron chi connectivity index (χ1n) is 6.92. The Labute approximate surface area is 112 Å². The molecular weight excluding hydrogens is 244 g/mol. The first-order valence-corrected chi connectivity index (χ1v) is 7.80. The Balaban J connectivity index is 1.60. The molecule has 1 aromatic rings. The number of rotatable bonds is 3. The zero-order chi connectivity index (χ0) is 12.5. The molecule has 1 aromatic heterocycles. The Kier molecular flexibility index (Phi) is 3.48. The molecule has 1 aliphatic heterocycles. The molecule has 2 heterocycles. The number of thiazole rings is 1. The van der Waals surface area contributed by atoms with E-state index in [4.69, 9.17) is 0 Å². The van der Waals surface area contributed by atoms with E-state index in [9.17, 15) is 4.79 Å². The zero-order valence-electron chi connectivity index (χ0n) is 10.8. The van der Waals surface area contributed by atoms with E-state index < -0.39 is 0 Å². The van der Waals surface area contributed by atoms with Gasteiger partial charge in [-0.15, -0.1) is 11.3 Å². The van der Waals surface area contributed by atoms with Crippen LogP contribution in [0.2, 0.25) is 0 Å². The SMILES string of the molecule is Cc1nc(CC(=O)C2CC3CCCCC3N2)cs1. The predicted molar refractivity (Wildman–Crippen MR) is 72.8 cm³/mol. The van der Waals surface area contributed by atoms with Crippen molar-refractivity contribution in [2.75, 3.05) is 0 Å². The Morgan fingerprint density at radius 2 is 2.33 bits per heavy atom. The number of carbonyl (C=O) groups is 1. The van der Waals surface area contributed by atoms with Gasteiger partial charge in [-0.2, -0.15) is 0 Å². The van der Waals surface area contributed by atoms with Crippen molar-refractivity contribution < 1.29 is 4.79 Å². The second kappa shape index (κ2) is 5.10. The van der Waals surface area contributed by atoms with Crippen molar-refractivity contribution in [3.8, 4) is 0 Å². The van der Waals surface area contributed by atoms with Crippen molar-refractivity contribution in [1.82, 2.24) is 10.3 Å². The molecule has 0 spiro atoms. The van der Waals surface area contributed by atoms with Gasteiger partial charge in [0.25, 0.3) is 0 Å². The van der Waals surface area contributed by atoms with Crippen LogP contribution >= 0.6 is 11.3 Å². The van der Waals surface area contributed by atoms with E-state index in [2.05, 4.69) is 10.3 Å². The first-order chi connectivity index (χ1) is 8.72. The van der Waals surface area contributed by atoms with Gasteiger partial charge in [0.15, 0.2) is 5.78 Å². The van der Waals surface area contributed by atoms with Crippen molar-refractivity contribution >= 4 is 17.1 Å². The van der Waals surface area contributed by atoms with E-state index in [0.29, 0.717) is 18.2 Å². The summed E-state index contributed by atoms with van der Waals surface area (Å²) in [6, 6.07) is 0.685. The number of fused-ring (bicyclic) bond motifs is 1. The fourth-order valence-corrected chi connectivity index (χ4v) is 3.97. The number of nitrogens with one attached hydrogen (secondary N) is 1. The lowest BCUT2D eigenvalue weighted by atomic mass is 9.84. The van der Waals surface area contributed by atoms with Crippen molar-refractivity contribution in [3.63, 3.8) is 0 Å². The maximum Gasteiger partial charge on any atom is 0.155 e. The second-order valence-electron chi connectivity index (χ2n) is 5.61. The van der Waals surface area contributed by atoms with Crippen molar-refractivity contribution in [1.29, 1.82) is 0 Å². The van der Waals surface area contributed by atoms with E-state index in [1.165, 1.54) is 25.7 Å². The Morgan fingerprint density at radius 3 is 3.06 bits per heavy atom. The van der Waals surface area contributed by atoms with Crippen LogP contribution in [0.15, 0.2) is 5.38 Å². The highest BCUT2D eigenvalue weighted by Crippen LogP contribution is 2.33. The van der Waals surface area contributed by atoms with Gasteiger partial charge in [0.05, 0.1) is 23.2 Å². The molecule has 4 heteroatoms. The maximum absolute atomic E-state index is 12.3. The van der Waals surface area contributed by atoms with Gasteiger partial charge in [-0.05, 0) is 32.1 Å². The average molecular weight is 264 g/mol. The summed E-state index contributed by atoms with van der Waals surface area (Å²) in [5.74, 6) is 1.07. The highest BCUT2D eigenvalue weighted by atomic mass is 32.1. The third kappa shape index (κ3) is 2.50. The summed E-state index contributed by atoms with van der Waals surface area (Å²) < 4.78 is 0. The van der Waals surface area contributed by atoms with Gasteiger partial charge in [0.2, 0.25) is 0 Å². The Bertz CT molecular complexity index is 429. The number of hydrogen-bond donors (Lipinski definition) is 1. The van der Waals surface area contributed by atoms with Crippen molar-refractivity contribution in [3.05, 3.63) is 16.1 Å². The standard InChI is InChI=1S/C14H20N2OS/c1-9-15-11(8-18-9)7-14(17)13-6-10-4-2-3-5-12(10)16-13/h8,10,12-13,16H,2-7H2,1H3. The minimum Gasteiger partial charge on any atom is -0.304 e.